The molecule has 0 heterocycles. The maximum absolute atomic E-state index is 5.30. The number of rotatable bonds is 4. The third kappa shape index (κ3) is 4.94. The third-order valence-electron chi connectivity index (χ3n) is 2.61. The summed E-state index contributed by atoms with van der Waals surface area (Å²) in [5, 5.41) is 4.98. The van der Waals surface area contributed by atoms with Crippen molar-refractivity contribution >= 4 is 28.8 Å². The van der Waals surface area contributed by atoms with Crippen molar-refractivity contribution in [1.29, 1.82) is 0 Å². The van der Waals surface area contributed by atoms with Crippen LogP contribution in [0.15, 0.2) is 63.5 Å². The molecule has 0 saturated carbocycles. The average Bonchev–Trinajstić information content (AvgIpc) is 2.44. The average molecular weight is 303 g/mol. The molecule has 20 heavy (non-hydrogen) atoms. The Bertz CT molecular complexity index is 576. The molecule has 104 valence electrons. The minimum absolute atomic E-state index is 0.883. The summed E-state index contributed by atoms with van der Waals surface area (Å²) in [6.45, 7) is 6.09. The summed E-state index contributed by atoms with van der Waals surface area (Å²) in [6, 6.07) is 16.5. The van der Waals surface area contributed by atoms with E-state index in [2.05, 4.69) is 55.4 Å². The molecule has 0 amide bonds. The van der Waals surface area contributed by atoms with E-state index in [1.807, 2.05) is 19.1 Å². The lowest BCUT2D eigenvalue weighted by molar-refractivity contribution is 0.407. The highest BCUT2D eigenvalue weighted by Crippen LogP contribution is 2.23. The van der Waals surface area contributed by atoms with E-state index in [9.17, 15) is 0 Å². The Labute approximate surface area is 128 Å². The molecule has 2 aromatic rings. The minimum Gasteiger partial charge on any atom is -0.316 e. The van der Waals surface area contributed by atoms with Gasteiger partial charge in [0.1, 0.15) is 17.1 Å². The fourth-order valence-corrected chi connectivity index (χ4v) is 2.72. The normalized spacial score (nSPS) is 11.4. The van der Waals surface area contributed by atoms with E-state index >= 15 is 0 Å². The van der Waals surface area contributed by atoms with E-state index in [1.54, 1.807) is 11.8 Å². The van der Waals surface area contributed by atoms with Crippen LogP contribution < -0.4 is 0 Å². The van der Waals surface area contributed by atoms with Gasteiger partial charge in [0.25, 0.3) is 0 Å². The molecular weight excluding hydrogens is 286 g/mol. The van der Waals surface area contributed by atoms with Gasteiger partial charge in [-0.3, -0.25) is 0 Å². The highest BCUT2D eigenvalue weighted by atomic mass is 32.2. The molecule has 0 bridgehead atoms. The van der Waals surface area contributed by atoms with Crippen molar-refractivity contribution in [1.82, 2.24) is 0 Å². The Kier molecular flexibility index (Phi) is 5.56. The van der Waals surface area contributed by atoms with Gasteiger partial charge >= 0.3 is 0 Å². The Morgan fingerprint density at radius 2 is 1.35 bits per heavy atom. The van der Waals surface area contributed by atoms with Gasteiger partial charge in [0.05, 0.1) is 4.90 Å². The maximum atomic E-state index is 5.30. The van der Waals surface area contributed by atoms with Gasteiger partial charge in [-0.1, -0.05) is 52.3 Å². The monoisotopic (exact) mass is 303 g/mol. The van der Waals surface area contributed by atoms with E-state index in [1.165, 1.54) is 28.1 Å². The van der Waals surface area contributed by atoms with E-state index in [0.29, 0.717) is 0 Å². The zero-order valence-corrected chi connectivity index (χ0v) is 13.4. The SMILES string of the molecule is C/C(=N/OSc1ccc(C)cc1)Sc1ccc(C)cc1. The van der Waals surface area contributed by atoms with E-state index in [4.69, 9.17) is 4.28 Å². The molecule has 0 aromatic heterocycles. The molecule has 0 spiro atoms. The lowest BCUT2D eigenvalue weighted by Gasteiger charge is -2.02. The van der Waals surface area contributed by atoms with Crippen LogP contribution in [0.25, 0.3) is 0 Å². The van der Waals surface area contributed by atoms with Gasteiger partial charge in [-0.05, 0) is 45.0 Å². The molecule has 0 saturated heterocycles. The first-order valence-electron chi connectivity index (χ1n) is 6.33. The molecule has 0 radical (unpaired) electrons. The van der Waals surface area contributed by atoms with Gasteiger partial charge in [-0.25, -0.2) is 0 Å². The Hall–Kier alpha value is -1.39. The molecule has 0 unspecified atom stereocenters. The molecule has 0 aliphatic carbocycles. The highest BCUT2D eigenvalue weighted by molar-refractivity contribution is 8.13. The van der Waals surface area contributed by atoms with Crippen LogP contribution in [-0.2, 0) is 4.28 Å². The van der Waals surface area contributed by atoms with Crippen LogP contribution in [0.4, 0.5) is 0 Å². The third-order valence-corrected chi connectivity index (χ3v) is 4.10. The first-order chi connectivity index (χ1) is 9.63. The second-order valence-corrected chi connectivity index (χ2v) is 6.55. The molecular formula is C16H17NOS2. The van der Waals surface area contributed by atoms with Gasteiger partial charge in [0, 0.05) is 4.90 Å². The molecule has 2 aromatic carbocycles. The fraction of sp³-hybridized carbons (Fsp3) is 0.188. The lowest BCUT2D eigenvalue weighted by Crippen LogP contribution is -1.85. The summed E-state index contributed by atoms with van der Waals surface area (Å²) in [7, 11) is 0. The van der Waals surface area contributed by atoms with E-state index < -0.39 is 0 Å². The van der Waals surface area contributed by atoms with Crippen LogP contribution in [0, 0.1) is 13.8 Å². The van der Waals surface area contributed by atoms with Gasteiger partial charge in [-0.2, -0.15) is 0 Å². The van der Waals surface area contributed by atoms with Crippen LogP contribution in [0.2, 0.25) is 0 Å². The number of aryl methyl sites for hydroxylation is 2. The molecule has 0 aliphatic rings. The standard InChI is InChI=1S/C16H17NOS2/c1-12-4-8-15(9-5-12)19-14(3)17-18-20-16-10-6-13(2)7-11-16/h4-11H,1-3H3/b17-14-. The van der Waals surface area contributed by atoms with E-state index in [0.717, 1.165) is 9.94 Å². The summed E-state index contributed by atoms with van der Waals surface area (Å²) in [5.74, 6) is 0. The van der Waals surface area contributed by atoms with Crippen LogP contribution in [0.3, 0.4) is 0 Å². The number of hydrogen-bond acceptors (Lipinski definition) is 4. The zero-order valence-electron chi connectivity index (χ0n) is 11.8. The van der Waals surface area contributed by atoms with Gasteiger partial charge < -0.3 is 4.28 Å². The minimum atomic E-state index is 0.883. The predicted molar refractivity (Wildman–Crippen MR) is 88.3 cm³/mol. The number of thioether (sulfide) groups is 1. The smallest absolute Gasteiger partial charge is 0.125 e. The Morgan fingerprint density at radius 1 is 0.850 bits per heavy atom. The van der Waals surface area contributed by atoms with Crippen LogP contribution in [-0.4, -0.2) is 5.04 Å². The highest BCUT2D eigenvalue weighted by Gasteiger charge is 1.99. The van der Waals surface area contributed by atoms with Crippen LogP contribution >= 0.6 is 23.8 Å². The van der Waals surface area contributed by atoms with Crippen molar-refractivity contribution in [3.05, 3.63) is 59.7 Å². The molecule has 0 fully saturated rings. The zero-order chi connectivity index (χ0) is 14.4. The molecule has 0 N–H and O–H groups in total. The number of oxime groups is 1. The molecule has 0 atom stereocenters. The molecule has 0 aliphatic heterocycles. The van der Waals surface area contributed by atoms with Crippen LogP contribution in [0.1, 0.15) is 18.1 Å². The topological polar surface area (TPSA) is 21.6 Å². The Morgan fingerprint density at radius 3 is 1.90 bits per heavy atom. The van der Waals surface area contributed by atoms with Crippen molar-refractivity contribution in [2.45, 2.75) is 30.6 Å². The molecule has 4 heteroatoms. The van der Waals surface area contributed by atoms with Crippen molar-refractivity contribution in [2.24, 2.45) is 5.16 Å². The first-order valence-corrected chi connectivity index (χ1v) is 7.89. The lowest BCUT2D eigenvalue weighted by atomic mass is 10.2. The van der Waals surface area contributed by atoms with Crippen molar-refractivity contribution < 1.29 is 4.28 Å². The predicted octanol–water partition coefficient (Wildman–Crippen LogP) is 5.45. The van der Waals surface area contributed by atoms with Gasteiger partial charge in [0.2, 0.25) is 0 Å². The van der Waals surface area contributed by atoms with Crippen molar-refractivity contribution in [2.75, 3.05) is 0 Å². The largest absolute Gasteiger partial charge is 0.316 e. The summed E-state index contributed by atoms with van der Waals surface area (Å²) >= 11 is 2.87. The summed E-state index contributed by atoms with van der Waals surface area (Å²) in [6.07, 6.45) is 0. The number of nitrogens with zero attached hydrogens (tertiary/aromatic N) is 1. The van der Waals surface area contributed by atoms with Gasteiger partial charge in [-0.15, -0.1) is 0 Å². The summed E-state index contributed by atoms with van der Waals surface area (Å²) in [5.41, 5.74) is 2.50. The second kappa shape index (κ2) is 7.41. The second-order valence-electron chi connectivity index (χ2n) is 4.50. The number of hydrogen-bond donors (Lipinski definition) is 0. The van der Waals surface area contributed by atoms with Crippen molar-refractivity contribution in [3.8, 4) is 0 Å². The summed E-state index contributed by atoms with van der Waals surface area (Å²) in [4.78, 5) is 2.22. The van der Waals surface area contributed by atoms with Crippen LogP contribution in [0.5, 0.6) is 0 Å². The molecule has 2 nitrogen and oxygen atoms in total. The van der Waals surface area contributed by atoms with E-state index in [-0.39, 0.29) is 0 Å². The Balaban J connectivity index is 1.84. The summed E-state index contributed by atoms with van der Waals surface area (Å²) < 4.78 is 5.30. The quantitative estimate of drug-likeness (QED) is 0.246. The number of benzene rings is 2. The molecule has 2 rings (SSSR count). The van der Waals surface area contributed by atoms with Gasteiger partial charge in [0.15, 0.2) is 0 Å². The van der Waals surface area contributed by atoms with Crippen molar-refractivity contribution in [3.63, 3.8) is 0 Å². The first kappa shape index (κ1) is 15.0. The maximum Gasteiger partial charge on any atom is 0.125 e. The fourth-order valence-electron chi connectivity index (χ4n) is 1.50.